The van der Waals surface area contributed by atoms with Gasteiger partial charge in [0.1, 0.15) is 11.9 Å². The number of ether oxygens (including phenoxy) is 1. The molecule has 0 saturated carbocycles. The molecule has 0 amide bonds. The molecule has 0 aliphatic carbocycles. The van der Waals surface area contributed by atoms with Crippen molar-refractivity contribution in [2.24, 2.45) is 0 Å². The fourth-order valence-corrected chi connectivity index (χ4v) is 6.04. The number of nitrogens with one attached hydrogen (secondary N) is 2. The van der Waals surface area contributed by atoms with Gasteiger partial charge in [-0.05, 0) is 47.4 Å². The molecule has 6 rings (SSSR count). The molecule has 1 fully saturated rings. The molecule has 204 valence electrons. The Morgan fingerprint density at radius 3 is 2.75 bits per heavy atom. The Balaban J connectivity index is 1.09. The molecular weight excluding hydrogens is 516 g/mol. The third-order valence-electron chi connectivity index (χ3n) is 7.08. The second-order valence-corrected chi connectivity index (χ2v) is 11.1. The number of aromatic nitrogens is 2. The molecule has 1 aromatic heterocycles. The Morgan fingerprint density at radius 1 is 1.00 bits per heavy atom. The summed E-state index contributed by atoms with van der Waals surface area (Å²) >= 11 is 2.00. The number of nitrogens with zero attached hydrogens (tertiary/aromatic N) is 4. The summed E-state index contributed by atoms with van der Waals surface area (Å²) in [5.41, 5.74) is 6.29. The Bertz CT molecular complexity index is 1460. The SMILES string of the molecule is CN1C=C(c2ccnc(Nc3cccc(OCCCN4CCSC4)c3)n2)NC1c1cccc(-c2ccccc2)c1. The monoisotopic (exact) mass is 550 g/mol. The molecule has 0 radical (unpaired) electrons. The van der Waals surface area contributed by atoms with E-state index in [9.17, 15) is 0 Å². The molecule has 40 heavy (non-hydrogen) atoms. The van der Waals surface area contributed by atoms with Crippen molar-refractivity contribution >= 4 is 29.1 Å². The van der Waals surface area contributed by atoms with Gasteiger partial charge in [-0.15, -0.1) is 11.8 Å². The number of anilines is 2. The van der Waals surface area contributed by atoms with Gasteiger partial charge in [0.15, 0.2) is 0 Å². The van der Waals surface area contributed by atoms with Gasteiger partial charge >= 0.3 is 0 Å². The van der Waals surface area contributed by atoms with Crippen molar-refractivity contribution in [1.82, 2.24) is 25.1 Å². The van der Waals surface area contributed by atoms with Gasteiger partial charge in [0, 0.05) is 55.9 Å². The lowest BCUT2D eigenvalue weighted by Gasteiger charge is -2.22. The lowest BCUT2D eigenvalue weighted by molar-refractivity contribution is 0.269. The van der Waals surface area contributed by atoms with Crippen LogP contribution in [0.3, 0.4) is 0 Å². The van der Waals surface area contributed by atoms with E-state index in [1.54, 1.807) is 6.20 Å². The fourth-order valence-electron chi connectivity index (χ4n) is 5.01. The topological polar surface area (TPSA) is 65.5 Å². The maximum absolute atomic E-state index is 6.01. The van der Waals surface area contributed by atoms with E-state index in [1.165, 1.54) is 29.0 Å². The highest BCUT2D eigenvalue weighted by Gasteiger charge is 2.24. The van der Waals surface area contributed by atoms with E-state index in [1.807, 2.05) is 48.2 Å². The van der Waals surface area contributed by atoms with Crippen LogP contribution in [0, 0.1) is 0 Å². The average Bonchev–Trinajstić information content (AvgIpc) is 3.66. The van der Waals surface area contributed by atoms with Crippen LogP contribution in [-0.2, 0) is 0 Å². The minimum atomic E-state index is 0.0168. The third-order valence-corrected chi connectivity index (χ3v) is 8.10. The van der Waals surface area contributed by atoms with Crippen LogP contribution < -0.4 is 15.4 Å². The highest BCUT2D eigenvalue weighted by Crippen LogP contribution is 2.31. The van der Waals surface area contributed by atoms with Crippen molar-refractivity contribution in [2.45, 2.75) is 12.6 Å². The second-order valence-electron chi connectivity index (χ2n) is 10.0. The van der Waals surface area contributed by atoms with Gasteiger partial charge < -0.3 is 20.3 Å². The first-order valence-electron chi connectivity index (χ1n) is 13.7. The van der Waals surface area contributed by atoms with Crippen LogP contribution in [0.4, 0.5) is 11.6 Å². The zero-order chi connectivity index (χ0) is 27.1. The molecule has 3 aromatic carbocycles. The summed E-state index contributed by atoms with van der Waals surface area (Å²) in [5, 5.41) is 6.99. The summed E-state index contributed by atoms with van der Waals surface area (Å²) in [5.74, 6) is 3.77. The van der Waals surface area contributed by atoms with Crippen LogP contribution in [0.5, 0.6) is 5.75 Å². The van der Waals surface area contributed by atoms with Gasteiger partial charge in [-0.2, -0.15) is 0 Å². The molecule has 1 saturated heterocycles. The molecule has 3 heterocycles. The second kappa shape index (κ2) is 12.4. The van der Waals surface area contributed by atoms with Crippen LogP contribution in [0.25, 0.3) is 16.8 Å². The first kappa shape index (κ1) is 26.2. The van der Waals surface area contributed by atoms with E-state index >= 15 is 0 Å². The van der Waals surface area contributed by atoms with Gasteiger partial charge in [-0.25, -0.2) is 9.97 Å². The van der Waals surface area contributed by atoms with Gasteiger partial charge in [-0.3, -0.25) is 4.90 Å². The van der Waals surface area contributed by atoms with Gasteiger partial charge in [0.05, 0.1) is 18.0 Å². The first-order chi connectivity index (χ1) is 19.7. The number of thioether (sulfide) groups is 1. The molecule has 4 aromatic rings. The van der Waals surface area contributed by atoms with Crippen LogP contribution in [0.1, 0.15) is 23.8 Å². The van der Waals surface area contributed by atoms with E-state index in [0.717, 1.165) is 41.7 Å². The van der Waals surface area contributed by atoms with Crippen LogP contribution in [0.2, 0.25) is 0 Å². The zero-order valence-corrected chi connectivity index (χ0v) is 23.5. The molecule has 2 N–H and O–H groups in total. The summed E-state index contributed by atoms with van der Waals surface area (Å²) in [7, 11) is 2.08. The van der Waals surface area contributed by atoms with E-state index in [4.69, 9.17) is 9.72 Å². The predicted molar refractivity (Wildman–Crippen MR) is 164 cm³/mol. The van der Waals surface area contributed by atoms with Gasteiger partial charge in [-0.1, -0.05) is 54.6 Å². The molecule has 2 aliphatic rings. The maximum atomic E-state index is 6.01. The Hall–Kier alpha value is -4.01. The first-order valence-corrected chi connectivity index (χ1v) is 14.9. The van der Waals surface area contributed by atoms with Crippen molar-refractivity contribution in [1.29, 1.82) is 0 Å². The van der Waals surface area contributed by atoms with Crippen LogP contribution in [-0.4, -0.2) is 58.1 Å². The highest BCUT2D eigenvalue weighted by molar-refractivity contribution is 7.99. The van der Waals surface area contributed by atoms with Crippen molar-refractivity contribution in [3.05, 3.63) is 109 Å². The van der Waals surface area contributed by atoms with Crippen LogP contribution in [0.15, 0.2) is 97.3 Å². The zero-order valence-electron chi connectivity index (χ0n) is 22.7. The minimum Gasteiger partial charge on any atom is -0.493 e. The number of benzene rings is 3. The van der Waals surface area contributed by atoms with Gasteiger partial charge in [0.25, 0.3) is 0 Å². The van der Waals surface area contributed by atoms with Crippen molar-refractivity contribution < 1.29 is 4.74 Å². The molecule has 2 aliphatic heterocycles. The molecule has 7 nitrogen and oxygen atoms in total. The molecule has 1 unspecified atom stereocenters. The molecule has 1 atom stereocenters. The molecule has 0 bridgehead atoms. The number of hydrogen-bond donors (Lipinski definition) is 2. The van der Waals surface area contributed by atoms with Crippen molar-refractivity contribution in [3.8, 4) is 16.9 Å². The van der Waals surface area contributed by atoms with E-state index in [0.29, 0.717) is 12.6 Å². The fraction of sp³-hybridized carbons (Fsp3) is 0.250. The Kier molecular flexibility index (Phi) is 8.16. The van der Waals surface area contributed by atoms with E-state index in [2.05, 4.69) is 87.2 Å². The smallest absolute Gasteiger partial charge is 0.227 e. The van der Waals surface area contributed by atoms with E-state index < -0.39 is 0 Å². The maximum Gasteiger partial charge on any atom is 0.227 e. The molecular formula is C32H34N6OS. The predicted octanol–water partition coefficient (Wildman–Crippen LogP) is 6.19. The number of hydrogen-bond acceptors (Lipinski definition) is 8. The molecule has 0 spiro atoms. The van der Waals surface area contributed by atoms with Crippen molar-refractivity contribution in [3.63, 3.8) is 0 Å². The van der Waals surface area contributed by atoms with Crippen LogP contribution >= 0.6 is 11.8 Å². The minimum absolute atomic E-state index is 0.0168. The third kappa shape index (κ3) is 6.41. The Labute approximate surface area is 240 Å². The standard InChI is InChI=1S/C32H34N6OS/c1-37-22-30(35-31(37)26-11-5-10-25(20-26)24-8-3-2-4-9-24)29-14-15-33-32(36-29)34-27-12-6-13-28(21-27)39-18-7-16-38-17-19-40-23-38/h2-6,8-15,20-22,31,35H,7,16-19,23H2,1H3,(H,33,34,36). The highest BCUT2D eigenvalue weighted by atomic mass is 32.2. The summed E-state index contributed by atoms with van der Waals surface area (Å²) in [6, 6.07) is 29.0. The molecule has 8 heteroatoms. The summed E-state index contributed by atoms with van der Waals surface area (Å²) in [4.78, 5) is 13.9. The number of rotatable bonds is 10. The van der Waals surface area contributed by atoms with E-state index in [-0.39, 0.29) is 6.17 Å². The van der Waals surface area contributed by atoms with Crippen molar-refractivity contribution in [2.75, 3.05) is 43.7 Å². The quantitative estimate of drug-likeness (QED) is 0.227. The normalized spacial score (nSPS) is 17.0. The van der Waals surface area contributed by atoms with Gasteiger partial charge in [0.2, 0.25) is 5.95 Å². The Morgan fingerprint density at radius 2 is 1.88 bits per heavy atom. The summed E-state index contributed by atoms with van der Waals surface area (Å²) in [6.45, 7) is 2.98. The largest absolute Gasteiger partial charge is 0.493 e. The lowest BCUT2D eigenvalue weighted by Crippen LogP contribution is -2.24. The average molecular weight is 551 g/mol. The lowest BCUT2D eigenvalue weighted by atomic mass is 10.0. The summed E-state index contributed by atoms with van der Waals surface area (Å²) in [6.07, 6.45) is 4.93. The summed E-state index contributed by atoms with van der Waals surface area (Å²) < 4.78 is 6.01.